The summed E-state index contributed by atoms with van der Waals surface area (Å²) >= 11 is 7.21. The van der Waals surface area contributed by atoms with Crippen molar-refractivity contribution >= 4 is 48.7 Å². The molecule has 1 aromatic carbocycles. The van der Waals surface area contributed by atoms with Gasteiger partial charge in [-0.15, -0.1) is 22.7 Å². The lowest BCUT2D eigenvalue weighted by molar-refractivity contribution is 0.585. The number of nitrogens with one attached hydrogen (secondary N) is 1. The van der Waals surface area contributed by atoms with E-state index in [-0.39, 0.29) is 0 Å². The molecular weight excluding hydrogens is 350 g/mol. The smallest absolute Gasteiger partial charge is 0.0701 e. The molecule has 0 radical (unpaired) electrons. The summed E-state index contributed by atoms with van der Waals surface area (Å²) in [5.41, 5.74) is 1.41. The number of hydrogen-bond acceptors (Lipinski definition) is 3. The first-order valence-electron chi connectivity index (χ1n) is 6.61. The second kappa shape index (κ2) is 5.98. The molecule has 0 aliphatic heterocycles. The average Bonchev–Trinajstić information content (AvgIpc) is 3.01. The zero-order valence-electron chi connectivity index (χ0n) is 11.4. The Labute approximate surface area is 135 Å². The minimum Gasteiger partial charge on any atom is -0.305 e. The molecule has 2 heterocycles. The molecule has 0 fully saturated rings. The van der Waals surface area contributed by atoms with Gasteiger partial charge in [0.05, 0.1) is 3.79 Å². The predicted octanol–water partition coefficient (Wildman–Crippen LogP) is 5.88. The van der Waals surface area contributed by atoms with Crippen LogP contribution in [-0.4, -0.2) is 0 Å². The normalized spacial score (nSPS) is 12.9. The molecule has 0 amide bonds. The average molecular weight is 366 g/mol. The maximum Gasteiger partial charge on any atom is 0.0701 e. The van der Waals surface area contributed by atoms with Gasteiger partial charge in [0.15, 0.2) is 0 Å². The molecule has 2 aromatic heterocycles. The summed E-state index contributed by atoms with van der Waals surface area (Å²) in [5, 5.41) is 5.02. The van der Waals surface area contributed by atoms with Crippen molar-refractivity contribution in [2.75, 3.05) is 0 Å². The van der Waals surface area contributed by atoms with Crippen LogP contribution in [0.1, 0.15) is 28.3 Å². The van der Waals surface area contributed by atoms with Gasteiger partial charge in [-0.25, -0.2) is 0 Å². The number of halogens is 1. The second-order valence-electron chi connectivity index (χ2n) is 4.90. The molecule has 0 saturated heterocycles. The van der Waals surface area contributed by atoms with Gasteiger partial charge in [0.1, 0.15) is 0 Å². The summed E-state index contributed by atoms with van der Waals surface area (Å²) in [6.07, 6.45) is 0. The van der Waals surface area contributed by atoms with Crippen molar-refractivity contribution in [3.05, 3.63) is 55.5 Å². The van der Waals surface area contributed by atoms with E-state index in [1.807, 2.05) is 11.3 Å². The fourth-order valence-corrected chi connectivity index (χ4v) is 5.07. The Hall–Kier alpha value is -0.680. The second-order valence-corrected chi connectivity index (χ2v) is 8.53. The Balaban J connectivity index is 1.78. The molecule has 0 saturated carbocycles. The Morgan fingerprint density at radius 2 is 1.95 bits per heavy atom. The minimum atomic E-state index is 0.383. The van der Waals surface area contributed by atoms with Crippen LogP contribution >= 0.6 is 38.6 Å². The Morgan fingerprint density at radius 1 is 1.15 bits per heavy atom. The molecule has 4 heteroatoms. The predicted molar refractivity (Wildman–Crippen MR) is 93.8 cm³/mol. The molecule has 0 aliphatic rings. The summed E-state index contributed by atoms with van der Waals surface area (Å²) in [5.74, 6) is 0. The van der Waals surface area contributed by atoms with Crippen LogP contribution in [0.15, 0.2) is 40.2 Å². The van der Waals surface area contributed by atoms with Crippen LogP contribution in [0, 0.1) is 6.92 Å². The van der Waals surface area contributed by atoms with Crippen LogP contribution in [0.4, 0.5) is 0 Å². The number of aryl methyl sites for hydroxylation is 1. The number of rotatable bonds is 4. The highest BCUT2D eigenvalue weighted by atomic mass is 79.9. The molecule has 0 aliphatic carbocycles. The van der Waals surface area contributed by atoms with Crippen LogP contribution in [0.5, 0.6) is 0 Å². The number of hydrogen-bond donors (Lipinski definition) is 1. The summed E-state index contributed by atoms with van der Waals surface area (Å²) in [6, 6.07) is 13.3. The molecule has 1 unspecified atom stereocenters. The highest BCUT2D eigenvalue weighted by Crippen LogP contribution is 2.34. The van der Waals surface area contributed by atoms with E-state index in [1.54, 1.807) is 11.3 Å². The van der Waals surface area contributed by atoms with Gasteiger partial charge < -0.3 is 5.32 Å². The van der Waals surface area contributed by atoms with Gasteiger partial charge in [0.2, 0.25) is 0 Å². The van der Waals surface area contributed by atoms with Crippen molar-refractivity contribution in [3.8, 4) is 0 Å². The third-order valence-electron chi connectivity index (χ3n) is 3.49. The Kier molecular flexibility index (Phi) is 4.26. The Morgan fingerprint density at radius 3 is 2.65 bits per heavy atom. The number of fused-ring (bicyclic) bond motifs is 1. The van der Waals surface area contributed by atoms with E-state index >= 15 is 0 Å². The van der Waals surface area contributed by atoms with E-state index in [0.717, 1.165) is 6.54 Å². The summed E-state index contributed by atoms with van der Waals surface area (Å²) < 4.78 is 2.58. The van der Waals surface area contributed by atoms with Gasteiger partial charge in [-0.1, -0.05) is 18.2 Å². The first-order valence-corrected chi connectivity index (χ1v) is 9.03. The highest BCUT2D eigenvalue weighted by Gasteiger charge is 2.14. The fourth-order valence-electron chi connectivity index (χ4n) is 2.40. The van der Waals surface area contributed by atoms with E-state index in [0.29, 0.717) is 6.04 Å². The largest absolute Gasteiger partial charge is 0.305 e. The van der Waals surface area contributed by atoms with E-state index in [4.69, 9.17) is 0 Å². The van der Waals surface area contributed by atoms with E-state index in [2.05, 4.69) is 71.5 Å². The van der Waals surface area contributed by atoms with Crippen LogP contribution in [0.25, 0.3) is 10.1 Å². The van der Waals surface area contributed by atoms with Gasteiger partial charge in [-0.2, -0.15) is 0 Å². The molecule has 104 valence electrons. The number of thiophene rings is 2. The summed E-state index contributed by atoms with van der Waals surface area (Å²) in [4.78, 5) is 2.81. The lowest BCUT2D eigenvalue weighted by atomic mass is 10.1. The van der Waals surface area contributed by atoms with E-state index in [9.17, 15) is 0 Å². The highest BCUT2D eigenvalue weighted by molar-refractivity contribution is 9.11. The molecule has 1 N–H and O–H groups in total. The van der Waals surface area contributed by atoms with Gasteiger partial charge in [0.25, 0.3) is 0 Å². The lowest BCUT2D eigenvalue weighted by Gasteiger charge is -2.12. The van der Waals surface area contributed by atoms with Crippen LogP contribution < -0.4 is 5.32 Å². The molecule has 20 heavy (non-hydrogen) atoms. The third-order valence-corrected chi connectivity index (χ3v) is 6.56. The van der Waals surface area contributed by atoms with Crippen molar-refractivity contribution in [3.63, 3.8) is 0 Å². The molecule has 1 atom stereocenters. The molecule has 0 bridgehead atoms. The molecule has 1 nitrogen and oxygen atoms in total. The molecule has 3 rings (SSSR count). The lowest BCUT2D eigenvalue weighted by Crippen LogP contribution is -2.17. The minimum absolute atomic E-state index is 0.383. The van der Waals surface area contributed by atoms with Crippen molar-refractivity contribution in [1.29, 1.82) is 0 Å². The van der Waals surface area contributed by atoms with E-state index in [1.165, 1.54) is 29.2 Å². The van der Waals surface area contributed by atoms with Gasteiger partial charge in [-0.3, -0.25) is 0 Å². The topological polar surface area (TPSA) is 12.0 Å². The van der Waals surface area contributed by atoms with Crippen LogP contribution in [0.3, 0.4) is 0 Å². The zero-order chi connectivity index (χ0) is 14.1. The quantitative estimate of drug-likeness (QED) is 0.608. The third kappa shape index (κ3) is 2.84. The van der Waals surface area contributed by atoms with Crippen molar-refractivity contribution in [1.82, 2.24) is 5.32 Å². The maximum absolute atomic E-state index is 3.63. The van der Waals surface area contributed by atoms with Crippen molar-refractivity contribution in [2.24, 2.45) is 0 Å². The number of benzene rings is 1. The van der Waals surface area contributed by atoms with Crippen LogP contribution in [0.2, 0.25) is 0 Å². The molecular formula is C16H16BrNS2. The first kappa shape index (κ1) is 14.3. The molecule has 0 spiro atoms. The van der Waals surface area contributed by atoms with Crippen LogP contribution in [-0.2, 0) is 6.54 Å². The van der Waals surface area contributed by atoms with Crippen molar-refractivity contribution in [2.45, 2.75) is 26.4 Å². The Bertz CT molecular complexity index is 729. The first-order chi connectivity index (χ1) is 9.65. The summed E-state index contributed by atoms with van der Waals surface area (Å²) in [7, 11) is 0. The molecule has 3 aromatic rings. The standard InChI is InChI=1S/C16H16BrNS2/c1-10-13-5-3-4-6-14(13)20-16(10)11(2)18-9-12-7-8-15(17)19-12/h3-8,11,18H,9H2,1-2H3. The van der Waals surface area contributed by atoms with Gasteiger partial charge >= 0.3 is 0 Å². The monoisotopic (exact) mass is 365 g/mol. The SMILES string of the molecule is Cc1c(C(C)NCc2ccc(Br)s2)sc2ccccc12. The van der Waals surface area contributed by atoms with Crippen molar-refractivity contribution < 1.29 is 0 Å². The fraction of sp³-hybridized carbons (Fsp3) is 0.250. The zero-order valence-corrected chi connectivity index (χ0v) is 14.7. The van der Waals surface area contributed by atoms with Gasteiger partial charge in [-0.05, 0) is 58.9 Å². The summed E-state index contributed by atoms with van der Waals surface area (Å²) in [6.45, 7) is 5.40. The maximum atomic E-state index is 3.63. The van der Waals surface area contributed by atoms with E-state index < -0.39 is 0 Å². The van der Waals surface area contributed by atoms with Gasteiger partial charge in [0, 0.05) is 27.0 Å².